The summed E-state index contributed by atoms with van der Waals surface area (Å²) in [5, 5.41) is 6.98. The van der Waals surface area contributed by atoms with E-state index in [1.807, 2.05) is 13.0 Å². The molecule has 0 radical (unpaired) electrons. The van der Waals surface area contributed by atoms with Gasteiger partial charge in [-0.25, -0.2) is 9.48 Å². The van der Waals surface area contributed by atoms with Gasteiger partial charge < -0.3 is 14.8 Å². The van der Waals surface area contributed by atoms with Crippen LogP contribution in [0.2, 0.25) is 0 Å². The highest BCUT2D eigenvalue weighted by Crippen LogP contribution is 2.21. The maximum absolute atomic E-state index is 12.7. The normalized spacial score (nSPS) is 11.6. The van der Waals surface area contributed by atoms with Crippen molar-refractivity contribution in [2.24, 2.45) is 0 Å². The molecule has 8 nitrogen and oxygen atoms in total. The fraction of sp³-hybridized carbons (Fsp3) is 0.238. The molecule has 0 bridgehead atoms. The predicted octanol–water partition coefficient (Wildman–Crippen LogP) is 2.91. The minimum Gasteiger partial charge on any atom is -0.497 e. The maximum atomic E-state index is 12.7. The number of ether oxygens (including phenoxy) is 2. The summed E-state index contributed by atoms with van der Waals surface area (Å²) < 4.78 is 11.4. The molecule has 8 heteroatoms. The SMILES string of the molecule is CC[C@H](C(=O)Nc1ccc(OC)cc1)n1ncc(-c2cccc(OC)c2)nc1=O. The van der Waals surface area contributed by atoms with E-state index < -0.39 is 11.7 Å². The molecule has 0 aliphatic rings. The predicted molar refractivity (Wildman–Crippen MR) is 109 cm³/mol. The van der Waals surface area contributed by atoms with Crippen molar-refractivity contribution >= 4 is 11.6 Å². The van der Waals surface area contributed by atoms with Crippen molar-refractivity contribution in [3.63, 3.8) is 0 Å². The Kier molecular flexibility index (Phi) is 6.23. The summed E-state index contributed by atoms with van der Waals surface area (Å²) in [7, 11) is 3.14. The number of nitrogens with zero attached hydrogens (tertiary/aromatic N) is 3. The van der Waals surface area contributed by atoms with Gasteiger partial charge in [0.25, 0.3) is 0 Å². The van der Waals surface area contributed by atoms with Crippen LogP contribution < -0.4 is 20.5 Å². The molecule has 0 saturated heterocycles. The van der Waals surface area contributed by atoms with Crippen molar-refractivity contribution in [1.29, 1.82) is 0 Å². The lowest BCUT2D eigenvalue weighted by atomic mass is 10.1. The molecule has 0 aliphatic carbocycles. The van der Waals surface area contributed by atoms with Crippen molar-refractivity contribution < 1.29 is 14.3 Å². The van der Waals surface area contributed by atoms with Crippen LogP contribution in [0, 0.1) is 0 Å². The minimum atomic E-state index is -0.781. The van der Waals surface area contributed by atoms with Crippen molar-refractivity contribution in [3.8, 4) is 22.8 Å². The number of aromatic nitrogens is 3. The smallest absolute Gasteiger partial charge is 0.365 e. The number of anilines is 1. The molecule has 0 spiro atoms. The molecule has 3 aromatic rings. The molecule has 1 N–H and O–H groups in total. The molecule has 1 heterocycles. The standard InChI is InChI=1S/C21H22N4O4/c1-4-19(20(26)23-15-8-10-16(28-2)11-9-15)25-21(27)24-18(13-22-25)14-6-5-7-17(12-14)29-3/h5-13,19H,4H2,1-3H3,(H,23,26)/t19-/m1/s1. The van der Waals surface area contributed by atoms with E-state index in [1.165, 1.54) is 6.20 Å². The Bertz CT molecular complexity index is 1050. The second-order valence-electron chi connectivity index (χ2n) is 6.24. The van der Waals surface area contributed by atoms with Gasteiger partial charge in [-0.3, -0.25) is 4.79 Å². The van der Waals surface area contributed by atoms with E-state index in [0.29, 0.717) is 34.9 Å². The number of carbonyl (C=O) groups excluding carboxylic acids is 1. The maximum Gasteiger partial charge on any atom is 0.365 e. The molecular formula is C21H22N4O4. The van der Waals surface area contributed by atoms with Crippen LogP contribution in [0.3, 0.4) is 0 Å². The molecule has 1 aromatic heterocycles. The van der Waals surface area contributed by atoms with E-state index in [9.17, 15) is 9.59 Å². The third-order valence-electron chi connectivity index (χ3n) is 4.42. The molecule has 3 rings (SSSR count). The number of hydrogen-bond donors (Lipinski definition) is 1. The zero-order valence-corrected chi connectivity index (χ0v) is 16.5. The molecule has 0 aliphatic heterocycles. The number of amides is 1. The van der Waals surface area contributed by atoms with Gasteiger partial charge in [-0.05, 0) is 42.8 Å². The van der Waals surface area contributed by atoms with Crippen molar-refractivity contribution in [2.75, 3.05) is 19.5 Å². The number of carbonyl (C=O) groups is 1. The van der Waals surface area contributed by atoms with Gasteiger partial charge in [-0.1, -0.05) is 19.1 Å². The quantitative estimate of drug-likeness (QED) is 0.662. The van der Waals surface area contributed by atoms with E-state index in [1.54, 1.807) is 56.7 Å². The van der Waals surface area contributed by atoms with Gasteiger partial charge in [0.05, 0.1) is 26.1 Å². The van der Waals surface area contributed by atoms with E-state index in [4.69, 9.17) is 9.47 Å². The topological polar surface area (TPSA) is 95.3 Å². The van der Waals surface area contributed by atoms with Gasteiger partial charge in [0, 0.05) is 11.3 Å². The Morgan fingerprint density at radius 3 is 2.45 bits per heavy atom. The van der Waals surface area contributed by atoms with Crippen LogP contribution in [0.5, 0.6) is 11.5 Å². The highest BCUT2D eigenvalue weighted by molar-refractivity contribution is 5.93. The summed E-state index contributed by atoms with van der Waals surface area (Å²) in [6.07, 6.45) is 1.86. The number of rotatable bonds is 7. The van der Waals surface area contributed by atoms with Crippen LogP contribution in [0.4, 0.5) is 5.69 Å². The van der Waals surface area contributed by atoms with Crippen molar-refractivity contribution in [1.82, 2.24) is 14.8 Å². The van der Waals surface area contributed by atoms with Crippen LogP contribution in [0.1, 0.15) is 19.4 Å². The summed E-state index contributed by atoms with van der Waals surface area (Å²) in [5.74, 6) is 0.993. The molecule has 29 heavy (non-hydrogen) atoms. The Labute approximate surface area is 168 Å². The van der Waals surface area contributed by atoms with Crippen LogP contribution >= 0.6 is 0 Å². The zero-order valence-electron chi connectivity index (χ0n) is 16.5. The Morgan fingerprint density at radius 1 is 1.10 bits per heavy atom. The summed E-state index contributed by atoms with van der Waals surface area (Å²) in [6.45, 7) is 1.81. The molecular weight excluding hydrogens is 372 g/mol. The first-order valence-corrected chi connectivity index (χ1v) is 9.11. The van der Waals surface area contributed by atoms with Gasteiger partial charge in [-0.2, -0.15) is 10.1 Å². The fourth-order valence-corrected chi connectivity index (χ4v) is 2.85. The van der Waals surface area contributed by atoms with Gasteiger partial charge in [-0.15, -0.1) is 0 Å². The van der Waals surface area contributed by atoms with Gasteiger partial charge in [0.1, 0.15) is 17.5 Å². The van der Waals surface area contributed by atoms with Gasteiger partial charge in [0.2, 0.25) is 5.91 Å². The number of benzene rings is 2. The van der Waals surface area contributed by atoms with E-state index in [0.717, 1.165) is 4.68 Å². The van der Waals surface area contributed by atoms with Crippen molar-refractivity contribution in [3.05, 3.63) is 65.2 Å². The highest BCUT2D eigenvalue weighted by atomic mass is 16.5. The Balaban J connectivity index is 1.83. The Morgan fingerprint density at radius 2 is 1.83 bits per heavy atom. The number of nitrogens with one attached hydrogen (secondary N) is 1. The largest absolute Gasteiger partial charge is 0.497 e. The molecule has 150 valence electrons. The molecule has 0 fully saturated rings. The van der Waals surface area contributed by atoms with Crippen LogP contribution in [-0.2, 0) is 4.79 Å². The van der Waals surface area contributed by atoms with E-state index in [-0.39, 0.29) is 5.91 Å². The lowest BCUT2D eigenvalue weighted by molar-refractivity contribution is -0.119. The first kappa shape index (κ1) is 20.1. The lowest BCUT2D eigenvalue weighted by Gasteiger charge is -2.16. The second kappa shape index (κ2) is 9.01. The molecule has 1 atom stereocenters. The average Bonchev–Trinajstić information content (AvgIpc) is 2.76. The van der Waals surface area contributed by atoms with Crippen LogP contribution in [0.15, 0.2) is 59.5 Å². The van der Waals surface area contributed by atoms with Gasteiger partial charge >= 0.3 is 5.69 Å². The van der Waals surface area contributed by atoms with E-state index >= 15 is 0 Å². The number of methoxy groups -OCH3 is 2. The first-order chi connectivity index (χ1) is 14.0. The Hall–Kier alpha value is -3.68. The molecule has 0 saturated carbocycles. The zero-order chi connectivity index (χ0) is 20.8. The van der Waals surface area contributed by atoms with Crippen LogP contribution in [0.25, 0.3) is 11.3 Å². The number of hydrogen-bond acceptors (Lipinski definition) is 6. The summed E-state index contributed by atoms with van der Waals surface area (Å²) >= 11 is 0. The third-order valence-corrected chi connectivity index (χ3v) is 4.42. The van der Waals surface area contributed by atoms with Gasteiger partial charge in [0.15, 0.2) is 0 Å². The minimum absolute atomic E-state index is 0.344. The third kappa shape index (κ3) is 4.60. The fourth-order valence-electron chi connectivity index (χ4n) is 2.85. The lowest BCUT2D eigenvalue weighted by Crippen LogP contribution is -2.36. The highest BCUT2D eigenvalue weighted by Gasteiger charge is 2.22. The molecule has 2 aromatic carbocycles. The van der Waals surface area contributed by atoms with E-state index in [2.05, 4.69) is 15.4 Å². The first-order valence-electron chi connectivity index (χ1n) is 9.11. The molecule has 1 amide bonds. The van der Waals surface area contributed by atoms with Crippen molar-refractivity contribution in [2.45, 2.75) is 19.4 Å². The summed E-state index contributed by atoms with van der Waals surface area (Å²) in [4.78, 5) is 29.4. The average molecular weight is 394 g/mol. The molecule has 0 unspecified atom stereocenters. The monoisotopic (exact) mass is 394 g/mol. The summed E-state index contributed by atoms with van der Waals surface area (Å²) in [5.41, 5.74) is 1.12. The second-order valence-corrected chi connectivity index (χ2v) is 6.24. The van der Waals surface area contributed by atoms with Crippen LogP contribution in [-0.4, -0.2) is 34.9 Å². The summed E-state index contributed by atoms with van der Waals surface area (Å²) in [6, 6.07) is 13.3.